The summed E-state index contributed by atoms with van der Waals surface area (Å²) in [5.41, 5.74) is 1.65. The molecule has 28 heavy (non-hydrogen) atoms. The zero-order valence-electron chi connectivity index (χ0n) is 18.3. The highest BCUT2D eigenvalue weighted by atomic mass is 16.6. The van der Waals surface area contributed by atoms with Gasteiger partial charge in [-0.3, -0.25) is 0 Å². The number of ether oxygens (including phenoxy) is 2. The molecule has 1 atom stereocenters. The van der Waals surface area contributed by atoms with E-state index in [1.54, 1.807) is 19.1 Å². The van der Waals surface area contributed by atoms with Crippen molar-refractivity contribution in [3.8, 4) is 0 Å². The molecule has 1 aromatic carbocycles. The first-order valence-corrected chi connectivity index (χ1v) is 9.70. The number of amides is 1. The van der Waals surface area contributed by atoms with Gasteiger partial charge in [0.2, 0.25) is 0 Å². The third kappa shape index (κ3) is 9.60. The second-order valence-corrected chi connectivity index (χ2v) is 7.85. The molecule has 158 valence electrons. The molecule has 0 saturated heterocycles. The molecule has 2 N–H and O–H groups in total. The molecule has 1 aromatic rings. The zero-order chi connectivity index (χ0) is 21.2. The molecule has 0 aromatic heterocycles. The van der Waals surface area contributed by atoms with E-state index < -0.39 is 5.60 Å². The van der Waals surface area contributed by atoms with Crippen molar-refractivity contribution in [2.24, 2.45) is 4.99 Å². The Balaban J connectivity index is 2.64. The lowest BCUT2D eigenvalue weighted by molar-refractivity contribution is 0.0285. The fourth-order valence-electron chi connectivity index (χ4n) is 2.44. The SMILES string of the molecule is CCNC(=NCc1ccc(CN(C)C(=O)OC(C)(C)C)cc1)NC(C)COC. The average Bonchev–Trinajstić information content (AvgIpc) is 2.59. The summed E-state index contributed by atoms with van der Waals surface area (Å²) in [5.74, 6) is 0.765. The number of carbonyl (C=O) groups is 1. The van der Waals surface area contributed by atoms with Crippen LogP contribution in [0.15, 0.2) is 29.3 Å². The van der Waals surface area contributed by atoms with Crippen LogP contribution < -0.4 is 10.6 Å². The van der Waals surface area contributed by atoms with Crippen LogP contribution in [0.1, 0.15) is 45.7 Å². The molecule has 0 saturated carbocycles. The monoisotopic (exact) mass is 392 g/mol. The van der Waals surface area contributed by atoms with Crippen LogP contribution in [-0.4, -0.2) is 55.9 Å². The molecule has 0 fully saturated rings. The van der Waals surface area contributed by atoms with E-state index in [0.717, 1.165) is 23.6 Å². The minimum atomic E-state index is -0.494. The van der Waals surface area contributed by atoms with Crippen LogP contribution in [0.3, 0.4) is 0 Å². The van der Waals surface area contributed by atoms with Crippen molar-refractivity contribution >= 4 is 12.1 Å². The lowest BCUT2D eigenvalue weighted by Gasteiger charge is -2.24. The van der Waals surface area contributed by atoms with Crippen molar-refractivity contribution in [3.05, 3.63) is 35.4 Å². The maximum atomic E-state index is 12.1. The first-order valence-electron chi connectivity index (χ1n) is 9.70. The third-order valence-corrected chi connectivity index (χ3v) is 3.71. The van der Waals surface area contributed by atoms with Crippen LogP contribution in [0.25, 0.3) is 0 Å². The molecular weight excluding hydrogens is 356 g/mol. The van der Waals surface area contributed by atoms with Crippen molar-refractivity contribution in [1.82, 2.24) is 15.5 Å². The summed E-state index contributed by atoms with van der Waals surface area (Å²) in [6.07, 6.45) is -0.326. The Bertz CT molecular complexity index is 624. The summed E-state index contributed by atoms with van der Waals surface area (Å²) in [7, 11) is 3.42. The number of rotatable bonds is 8. The second kappa shape index (κ2) is 11.5. The van der Waals surface area contributed by atoms with Gasteiger partial charge in [-0.25, -0.2) is 9.79 Å². The Labute approximate surface area is 169 Å². The van der Waals surface area contributed by atoms with Gasteiger partial charge in [-0.1, -0.05) is 24.3 Å². The lowest BCUT2D eigenvalue weighted by Crippen LogP contribution is -2.43. The standard InChI is InChI=1S/C21H36N4O3/c1-8-22-19(24-16(2)15-27-7)23-13-17-9-11-18(12-10-17)14-25(6)20(26)28-21(3,4)5/h9-12,16H,8,13-15H2,1-7H3,(H2,22,23,24). The van der Waals surface area contributed by atoms with E-state index in [0.29, 0.717) is 19.7 Å². The molecule has 0 radical (unpaired) electrons. The molecule has 1 amide bonds. The van der Waals surface area contributed by atoms with E-state index in [9.17, 15) is 4.79 Å². The molecule has 7 nitrogen and oxygen atoms in total. The second-order valence-electron chi connectivity index (χ2n) is 7.85. The van der Waals surface area contributed by atoms with Crippen molar-refractivity contribution in [2.45, 2.75) is 59.4 Å². The lowest BCUT2D eigenvalue weighted by atomic mass is 10.1. The van der Waals surface area contributed by atoms with Crippen molar-refractivity contribution in [1.29, 1.82) is 0 Å². The summed E-state index contributed by atoms with van der Waals surface area (Å²) in [5, 5.41) is 6.55. The molecule has 0 heterocycles. The average molecular weight is 393 g/mol. The van der Waals surface area contributed by atoms with Crippen LogP contribution in [0.4, 0.5) is 4.79 Å². The highest BCUT2D eigenvalue weighted by molar-refractivity contribution is 5.80. The Kier molecular flexibility index (Phi) is 9.79. The van der Waals surface area contributed by atoms with Crippen LogP contribution in [0.5, 0.6) is 0 Å². The molecule has 0 aliphatic heterocycles. The van der Waals surface area contributed by atoms with Gasteiger partial charge >= 0.3 is 6.09 Å². The van der Waals surface area contributed by atoms with Gasteiger partial charge in [0.15, 0.2) is 5.96 Å². The van der Waals surface area contributed by atoms with Gasteiger partial charge in [-0.05, 0) is 45.7 Å². The summed E-state index contributed by atoms with van der Waals surface area (Å²) in [6.45, 7) is 12.1. The summed E-state index contributed by atoms with van der Waals surface area (Å²) in [4.78, 5) is 18.3. The highest BCUT2D eigenvalue weighted by Gasteiger charge is 2.19. The molecule has 0 spiro atoms. The first kappa shape index (κ1) is 23.8. The van der Waals surface area contributed by atoms with Crippen molar-refractivity contribution in [2.75, 3.05) is 27.3 Å². The number of hydrogen-bond donors (Lipinski definition) is 2. The molecule has 1 unspecified atom stereocenters. The van der Waals surface area contributed by atoms with Gasteiger partial charge in [0.05, 0.1) is 13.2 Å². The van der Waals surface area contributed by atoms with E-state index in [2.05, 4.69) is 15.6 Å². The number of carbonyl (C=O) groups excluding carboxylic acids is 1. The number of hydrogen-bond acceptors (Lipinski definition) is 4. The third-order valence-electron chi connectivity index (χ3n) is 3.71. The Hall–Kier alpha value is -2.28. The fourth-order valence-corrected chi connectivity index (χ4v) is 2.44. The van der Waals surface area contributed by atoms with Crippen LogP contribution in [0, 0.1) is 0 Å². The summed E-state index contributed by atoms with van der Waals surface area (Å²) >= 11 is 0. The van der Waals surface area contributed by atoms with E-state index in [-0.39, 0.29) is 12.1 Å². The van der Waals surface area contributed by atoms with Gasteiger partial charge in [-0.2, -0.15) is 0 Å². The Morgan fingerprint density at radius 2 is 1.82 bits per heavy atom. The minimum Gasteiger partial charge on any atom is -0.444 e. The topological polar surface area (TPSA) is 75.2 Å². The molecule has 0 aliphatic rings. The zero-order valence-corrected chi connectivity index (χ0v) is 18.3. The van der Waals surface area contributed by atoms with E-state index >= 15 is 0 Å². The van der Waals surface area contributed by atoms with E-state index in [1.165, 1.54) is 0 Å². The predicted octanol–water partition coefficient (Wildman–Crippen LogP) is 3.14. The molecule has 0 aliphatic carbocycles. The van der Waals surface area contributed by atoms with E-state index in [1.807, 2.05) is 58.9 Å². The van der Waals surface area contributed by atoms with Gasteiger partial charge < -0.3 is 25.0 Å². The van der Waals surface area contributed by atoms with Crippen LogP contribution in [-0.2, 0) is 22.6 Å². The number of aliphatic imine (C=N–C) groups is 1. The van der Waals surface area contributed by atoms with Gasteiger partial charge in [0.1, 0.15) is 5.60 Å². The first-order chi connectivity index (χ1) is 13.1. The van der Waals surface area contributed by atoms with Crippen molar-refractivity contribution < 1.29 is 14.3 Å². The van der Waals surface area contributed by atoms with Gasteiger partial charge in [-0.15, -0.1) is 0 Å². The normalized spacial score (nSPS) is 13.0. The van der Waals surface area contributed by atoms with Gasteiger partial charge in [0, 0.05) is 33.3 Å². The number of guanidine groups is 1. The molecule has 1 rings (SSSR count). The smallest absolute Gasteiger partial charge is 0.410 e. The Morgan fingerprint density at radius 1 is 1.21 bits per heavy atom. The molecular formula is C21H36N4O3. The fraction of sp³-hybridized carbons (Fsp3) is 0.619. The number of nitrogens with zero attached hydrogens (tertiary/aromatic N) is 2. The van der Waals surface area contributed by atoms with Crippen molar-refractivity contribution in [3.63, 3.8) is 0 Å². The number of benzene rings is 1. The maximum absolute atomic E-state index is 12.1. The quantitative estimate of drug-likeness (QED) is 0.525. The molecule has 7 heteroatoms. The van der Waals surface area contributed by atoms with Crippen LogP contribution >= 0.6 is 0 Å². The predicted molar refractivity (Wildman–Crippen MR) is 113 cm³/mol. The van der Waals surface area contributed by atoms with Gasteiger partial charge in [0.25, 0.3) is 0 Å². The minimum absolute atomic E-state index is 0.175. The maximum Gasteiger partial charge on any atom is 0.410 e. The largest absolute Gasteiger partial charge is 0.444 e. The summed E-state index contributed by atoms with van der Waals surface area (Å²) < 4.78 is 10.5. The molecule has 0 bridgehead atoms. The number of methoxy groups -OCH3 is 1. The number of nitrogens with one attached hydrogen (secondary N) is 2. The van der Waals surface area contributed by atoms with E-state index in [4.69, 9.17) is 9.47 Å². The summed E-state index contributed by atoms with van der Waals surface area (Å²) in [6, 6.07) is 8.26. The Morgan fingerprint density at radius 3 is 2.36 bits per heavy atom. The highest BCUT2D eigenvalue weighted by Crippen LogP contribution is 2.12. The van der Waals surface area contributed by atoms with Crippen LogP contribution in [0.2, 0.25) is 0 Å².